The lowest BCUT2D eigenvalue weighted by molar-refractivity contribution is -0.129. The molecule has 0 spiro atoms. The first-order chi connectivity index (χ1) is 13.5. The predicted octanol–water partition coefficient (Wildman–Crippen LogP) is 1.77. The maximum Gasteiger partial charge on any atom is 0.225 e. The number of ether oxygens (including phenoxy) is 2. The third-order valence-corrected chi connectivity index (χ3v) is 5.67. The van der Waals surface area contributed by atoms with Crippen LogP contribution in [0.1, 0.15) is 31.7 Å². The van der Waals surface area contributed by atoms with E-state index in [4.69, 9.17) is 9.47 Å². The van der Waals surface area contributed by atoms with E-state index in [9.17, 15) is 9.59 Å². The minimum atomic E-state index is -0.247. The Hall–Kier alpha value is -1.99. The molecule has 8 heteroatoms. The van der Waals surface area contributed by atoms with Crippen LogP contribution in [-0.4, -0.2) is 62.7 Å². The van der Waals surface area contributed by atoms with Crippen LogP contribution in [-0.2, 0) is 16.0 Å². The maximum atomic E-state index is 12.6. The standard InChI is InChI=1S/C21H31N3O4.ClH/c1-14-10-17(6-8-22-14)23-21(26)16-12-20(25)24(13-16)9-7-15-4-5-18(27-2)19(11-15)28-3;/h4-5,11,14,16-17,22H,6-10,12-13H2,1-3H3,(H,23,26);1H. The van der Waals surface area contributed by atoms with Crippen LogP contribution in [0.25, 0.3) is 0 Å². The van der Waals surface area contributed by atoms with Crippen molar-refractivity contribution >= 4 is 24.2 Å². The molecule has 0 radical (unpaired) electrons. The average molecular weight is 426 g/mol. The molecular weight excluding hydrogens is 394 g/mol. The fourth-order valence-electron chi connectivity index (χ4n) is 4.05. The number of nitrogens with one attached hydrogen (secondary N) is 2. The van der Waals surface area contributed by atoms with Crippen molar-refractivity contribution in [2.24, 2.45) is 5.92 Å². The highest BCUT2D eigenvalue weighted by Gasteiger charge is 2.35. The van der Waals surface area contributed by atoms with Gasteiger partial charge in [0.25, 0.3) is 0 Å². The number of amides is 2. The summed E-state index contributed by atoms with van der Waals surface area (Å²) in [7, 11) is 3.22. The highest BCUT2D eigenvalue weighted by atomic mass is 35.5. The number of methoxy groups -OCH3 is 2. The summed E-state index contributed by atoms with van der Waals surface area (Å²) >= 11 is 0. The second-order valence-corrected chi connectivity index (χ2v) is 7.77. The van der Waals surface area contributed by atoms with E-state index in [2.05, 4.69) is 17.6 Å². The maximum absolute atomic E-state index is 12.6. The van der Waals surface area contributed by atoms with Gasteiger partial charge in [0.15, 0.2) is 11.5 Å². The first kappa shape index (κ1) is 23.3. The molecule has 2 saturated heterocycles. The zero-order valence-electron chi connectivity index (χ0n) is 17.4. The van der Waals surface area contributed by atoms with Gasteiger partial charge in [-0.2, -0.15) is 0 Å². The molecule has 0 aliphatic carbocycles. The van der Waals surface area contributed by atoms with Gasteiger partial charge in [-0.3, -0.25) is 9.59 Å². The van der Waals surface area contributed by atoms with Crippen LogP contribution in [0.3, 0.4) is 0 Å². The summed E-state index contributed by atoms with van der Waals surface area (Å²) in [4.78, 5) is 26.8. The number of piperidine rings is 1. The monoisotopic (exact) mass is 425 g/mol. The van der Waals surface area contributed by atoms with E-state index in [1.54, 1.807) is 19.1 Å². The summed E-state index contributed by atoms with van der Waals surface area (Å²) in [5.41, 5.74) is 1.07. The second-order valence-electron chi connectivity index (χ2n) is 7.77. The lowest BCUT2D eigenvalue weighted by Gasteiger charge is -2.29. The quantitative estimate of drug-likeness (QED) is 0.696. The second kappa shape index (κ2) is 10.7. The Morgan fingerprint density at radius 2 is 2.03 bits per heavy atom. The Labute approximate surface area is 178 Å². The molecule has 1 aromatic carbocycles. The topological polar surface area (TPSA) is 79.9 Å². The number of hydrogen-bond donors (Lipinski definition) is 2. The molecule has 1 aromatic rings. The molecule has 2 N–H and O–H groups in total. The zero-order valence-corrected chi connectivity index (χ0v) is 18.2. The Morgan fingerprint density at radius 3 is 2.72 bits per heavy atom. The van der Waals surface area contributed by atoms with Crippen LogP contribution < -0.4 is 20.1 Å². The van der Waals surface area contributed by atoms with Crippen LogP contribution in [0, 0.1) is 5.92 Å². The summed E-state index contributed by atoms with van der Waals surface area (Å²) in [6, 6.07) is 6.41. The van der Waals surface area contributed by atoms with Crippen LogP contribution in [0.4, 0.5) is 0 Å². The van der Waals surface area contributed by atoms with Gasteiger partial charge in [-0.25, -0.2) is 0 Å². The lowest BCUT2D eigenvalue weighted by atomic mass is 9.99. The zero-order chi connectivity index (χ0) is 20.1. The normalized spacial score (nSPS) is 24.0. The smallest absolute Gasteiger partial charge is 0.225 e. The molecule has 29 heavy (non-hydrogen) atoms. The highest BCUT2D eigenvalue weighted by Crippen LogP contribution is 2.28. The van der Waals surface area contributed by atoms with E-state index in [0.29, 0.717) is 43.5 Å². The van der Waals surface area contributed by atoms with Crippen molar-refractivity contribution < 1.29 is 19.1 Å². The van der Waals surface area contributed by atoms with Crippen LogP contribution in [0.15, 0.2) is 18.2 Å². The van der Waals surface area contributed by atoms with Gasteiger partial charge in [0.05, 0.1) is 20.1 Å². The van der Waals surface area contributed by atoms with Crippen molar-refractivity contribution in [3.8, 4) is 11.5 Å². The molecule has 7 nitrogen and oxygen atoms in total. The molecule has 2 amide bonds. The highest BCUT2D eigenvalue weighted by molar-refractivity contribution is 5.89. The number of hydrogen-bond acceptors (Lipinski definition) is 5. The van der Waals surface area contributed by atoms with Gasteiger partial charge in [0.1, 0.15) is 0 Å². The van der Waals surface area contributed by atoms with Gasteiger partial charge < -0.3 is 25.0 Å². The summed E-state index contributed by atoms with van der Waals surface area (Å²) in [6.45, 7) is 4.15. The number of nitrogens with zero attached hydrogens (tertiary/aromatic N) is 1. The molecular formula is C21H32ClN3O4. The van der Waals surface area contributed by atoms with Crippen molar-refractivity contribution in [2.75, 3.05) is 33.9 Å². The first-order valence-corrected chi connectivity index (χ1v) is 10.0. The Bertz CT molecular complexity index is 715. The van der Waals surface area contributed by atoms with Crippen LogP contribution >= 0.6 is 12.4 Å². The van der Waals surface area contributed by atoms with Crippen molar-refractivity contribution in [1.82, 2.24) is 15.5 Å². The van der Waals surface area contributed by atoms with E-state index in [0.717, 1.165) is 24.9 Å². The first-order valence-electron chi connectivity index (χ1n) is 10.0. The Balaban J connectivity index is 0.00000300. The molecule has 3 rings (SSSR count). The number of rotatable bonds is 7. The summed E-state index contributed by atoms with van der Waals surface area (Å²) in [6.07, 6.45) is 2.90. The predicted molar refractivity (Wildman–Crippen MR) is 114 cm³/mol. The van der Waals surface area contributed by atoms with Gasteiger partial charge in [-0.1, -0.05) is 6.07 Å². The SMILES string of the molecule is COc1ccc(CCN2CC(C(=O)NC3CCNC(C)C3)CC2=O)cc1OC.Cl. The molecule has 3 unspecified atom stereocenters. The van der Waals surface area contributed by atoms with Crippen molar-refractivity contribution in [3.63, 3.8) is 0 Å². The average Bonchev–Trinajstić information content (AvgIpc) is 3.07. The van der Waals surface area contributed by atoms with Crippen LogP contribution in [0.2, 0.25) is 0 Å². The number of likely N-dealkylation sites (tertiary alicyclic amines) is 1. The van der Waals surface area contributed by atoms with Gasteiger partial charge >= 0.3 is 0 Å². The number of carbonyl (C=O) groups is 2. The van der Waals surface area contributed by atoms with Crippen molar-refractivity contribution in [3.05, 3.63) is 23.8 Å². The van der Waals surface area contributed by atoms with E-state index in [1.807, 2.05) is 18.2 Å². The number of benzene rings is 1. The van der Waals surface area contributed by atoms with E-state index >= 15 is 0 Å². The summed E-state index contributed by atoms with van der Waals surface area (Å²) in [5, 5.41) is 6.53. The van der Waals surface area contributed by atoms with Gasteiger partial charge in [-0.15, -0.1) is 12.4 Å². The summed E-state index contributed by atoms with van der Waals surface area (Å²) in [5.74, 6) is 1.19. The molecule has 2 heterocycles. The van der Waals surface area contributed by atoms with E-state index < -0.39 is 0 Å². The minimum absolute atomic E-state index is 0. The molecule has 2 aliphatic heterocycles. The fourth-order valence-corrected chi connectivity index (χ4v) is 4.05. The molecule has 162 valence electrons. The van der Waals surface area contributed by atoms with Crippen molar-refractivity contribution in [2.45, 2.75) is 44.7 Å². The van der Waals surface area contributed by atoms with E-state index in [1.165, 1.54) is 0 Å². The van der Waals surface area contributed by atoms with E-state index in [-0.39, 0.29) is 36.2 Å². The molecule has 2 aliphatic rings. The molecule has 0 saturated carbocycles. The Morgan fingerprint density at radius 1 is 1.28 bits per heavy atom. The van der Waals surface area contributed by atoms with Crippen molar-refractivity contribution in [1.29, 1.82) is 0 Å². The van der Waals surface area contributed by atoms with Crippen LogP contribution in [0.5, 0.6) is 11.5 Å². The number of halogens is 1. The molecule has 0 aromatic heterocycles. The minimum Gasteiger partial charge on any atom is -0.493 e. The molecule has 2 fully saturated rings. The molecule has 0 bridgehead atoms. The summed E-state index contributed by atoms with van der Waals surface area (Å²) < 4.78 is 10.6. The fraction of sp³-hybridized carbons (Fsp3) is 0.619. The van der Waals surface area contributed by atoms with Gasteiger partial charge in [0, 0.05) is 31.6 Å². The number of carbonyl (C=O) groups excluding carboxylic acids is 2. The largest absolute Gasteiger partial charge is 0.493 e. The van der Waals surface area contributed by atoms with Gasteiger partial charge in [-0.05, 0) is 50.4 Å². The van der Waals surface area contributed by atoms with Gasteiger partial charge in [0.2, 0.25) is 11.8 Å². The third-order valence-electron chi connectivity index (χ3n) is 5.67. The third kappa shape index (κ3) is 6.00. The Kier molecular flexibility index (Phi) is 8.59. The molecule has 3 atom stereocenters. The lowest BCUT2D eigenvalue weighted by Crippen LogP contribution is -2.48.